The van der Waals surface area contributed by atoms with Gasteiger partial charge in [-0.3, -0.25) is 10.1 Å². The quantitative estimate of drug-likeness (QED) is 0.676. The molecule has 0 saturated carbocycles. The third-order valence-electron chi connectivity index (χ3n) is 3.19. The largest absolute Gasteiger partial charge is 0.324 e. The molecule has 0 radical (unpaired) electrons. The van der Waals surface area contributed by atoms with Crippen molar-refractivity contribution in [3.8, 4) is 0 Å². The fraction of sp³-hybridized carbons (Fsp3) is 0.778. The summed E-state index contributed by atoms with van der Waals surface area (Å²) < 4.78 is 22.9. The lowest BCUT2D eigenvalue weighted by Crippen LogP contribution is -2.59. The van der Waals surface area contributed by atoms with Crippen molar-refractivity contribution in [1.82, 2.24) is 10.2 Å². The van der Waals surface area contributed by atoms with Crippen LogP contribution < -0.4 is 5.32 Å². The van der Waals surface area contributed by atoms with E-state index in [1.54, 1.807) is 6.92 Å². The Morgan fingerprint density at radius 1 is 1.38 bits per heavy atom. The minimum absolute atomic E-state index is 0.0123. The van der Waals surface area contributed by atoms with Gasteiger partial charge >= 0.3 is 6.03 Å². The molecule has 1 atom stereocenters. The smallest absolute Gasteiger partial charge is 0.317 e. The van der Waals surface area contributed by atoms with Gasteiger partial charge in [0, 0.05) is 13.0 Å². The lowest BCUT2D eigenvalue weighted by molar-refractivity contribution is -0.122. The van der Waals surface area contributed by atoms with E-state index in [0.717, 1.165) is 0 Å². The van der Waals surface area contributed by atoms with Crippen LogP contribution in [-0.4, -0.2) is 48.8 Å². The van der Waals surface area contributed by atoms with Gasteiger partial charge in [-0.2, -0.15) is 0 Å². The maximum absolute atomic E-state index is 11.6. The lowest BCUT2D eigenvalue weighted by atomic mass is 9.98. The summed E-state index contributed by atoms with van der Waals surface area (Å²) in [6.45, 7) is 2.06. The van der Waals surface area contributed by atoms with E-state index in [4.69, 9.17) is 0 Å². The molecule has 0 spiro atoms. The second-order valence-electron chi connectivity index (χ2n) is 4.59. The van der Waals surface area contributed by atoms with E-state index in [9.17, 15) is 18.0 Å². The number of nitrogens with zero attached hydrogens (tertiary/aromatic N) is 1. The van der Waals surface area contributed by atoms with E-state index in [-0.39, 0.29) is 23.8 Å². The van der Waals surface area contributed by atoms with Crippen LogP contribution in [0.5, 0.6) is 0 Å². The first-order chi connectivity index (χ1) is 7.32. The van der Waals surface area contributed by atoms with Crippen molar-refractivity contribution in [3.05, 3.63) is 0 Å². The number of imide groups is 1. The molecule has 2 saturated heterocycles. The van der Waals surface area contributed by atoms with Crippen LogP contribution >= 0.6 is 0 Å². The Labute approximate surface area is 93.9 Å². The Kier molecular flexibility index (Phi) is 2.45. The third kappa shape index (κ3) is 1.91. The molecule has 0 aromatic carbocycles. The zero-order valence-corrected chi connectivity index (χ0v) is 9.84. The summed E-state index contributed by atoms with van der Waals surface area (Å²) in [7, 11) is -3.05. The number of amides is 3. The summed E-state index contributed by atoms with van der Waals surface area (Å²) >= 11 is 0. The molecular formula is C9H14N2O4S. The van der Waals surface area contributed by atoms with Gasteiger partial charge in [0.1, 0.15) is 0 Å². The normalized spacial score (nSPS) is 33.9. The van der Waals surface area contributed by atoms with E-state index in [0.29, 0.717) is 13.0 Å². The SMILES string of the molecule is CC1(N2CCC(=O)NC2=O)CCS(=O)(=O)C1. The van der Waals surface area contributed by atoms with Crippen LogP contribution in [0.3, 0.4) is 0 Å². The van der Waals surface area contributed by atoms with Crippen LogP contribution in [0, 0.1) is 0 Å². The number of nitrogens with one attached hydrogen (secondary N) is 1. The van der Waals surface area contributed by atoms with Crippen molar-refractivity contribution in [1.29, 1.82) is 0 Å². The van der Waals surface area contributed by atoms with E-state index < -0.39 is 21.4 Å². The zero-order chi connectivity index (χ0) is 12.0. The molecule has 2 rings (SSSR count). The average Bonchev–Trinajstić information content (AvgIpc) is 2.41. The van der Waals surface area contributed by atoms with Gasteiger partial charge in [0.15, 0.2) is 9.84 Å². The molecule has 2 heterocycles. The molecule has 2 fully saturated rings. The number of hydrogen-bond donors (Lipinski definition) is 1. The van der Waals surface area contributed by atoms with E-state index in [2.05, 4.69) is 5.32 Å². The van der Waals surface area contributed by atoms with Crippen molar-refractivity contribution in [2.45, 2.75) is 25.3 Å². The van der Waals surface area contributed by atoms with Crippen LogP contribution in [0.15, 0.2) is 0 Å². The molecule has 3 amide bonds. The van der Waals surface area contributed by atoms with Crippen LogP contribution in [0.4, 0.5) is 4.79 Å². The average molecular weight is 246 g/mol. The second-order valence-corrected chi connectivity index (χ2v) is 6.78. The molecule has 7 heteroatoms. The lowest BCUT2D eigenvalue weighted by Gasteiger charge is -2.39. The fourth-order valence-electron chi connectivity index (χ4n) is 2.29. The molecule has 0 aromatic rings. The van der Waals surface area contributed by atoms with Crippen molar-refractivity contribution in [2.24, 2.45) is 0 Å². The van der Waals surface area contributed by atoms with Crippen molar-refractivity contribution < 1.29 is 18.0 Å². The zero-order valence-electron chi connectivity index (χ0n) is 9.02. The predicted octanol–water partition coefficient (Wildman–Crippen LogP) is -0.494. The van der Waals surface area contributed by atoms with Crippen molar-refractivity contribution >= 4 is 21.8 Å². The van der Waals surface area contributed by atoms with Crippen LogP contribution in [0.25, 0.3) is 0 Å². The van der Waals surface area contributed by atoms with Gasteiger partial charge in [-0.05, 0) is 13.3 Å². The Morgan fingerprint density at radius 3 is 2.56 bits per heavy atom. The monoisotopic (exact) mass is 246 g/mol. The molecule has 6 nitrogen and oxygen atoms in total. The van der Waals surface area contributed by atoms with Crippen LogP contribution in [0.1, 0.15) is 19.8 Å². The summed E-state index contributed by atoms with van der Waals surface area (Å²) in [6.07, 6.45) is 0.679. The van der Waals surface area contributed by atoms with Crippen molar-refractivity contribution in [2.75, 3.05) is 18.1 Å². The molecular weight excluding hydrogens is 232 g/mol. The standard InChI is InChI=1S/C9H14N2O4S/c1-9(3-5-16(14,15)6-9)11-4-2-7(12)10-8(11)13/h2-6H2,1H3,(H,10,12,13). The van der Waals surface area contributed by atoms with Gasteiger partial charge in [0.2, 0.25) is 5.91 Å². The predicted molar refractivity (Wildman–Crippen MR) is 56.5 cm³/mol. The number of sulfone groups is 1. The molecule has 0 aliphatic carbocycles. The summed E-state index contributed by atoms with van der Waals surface area (Å²) in [6, 6.07) is -0.476. The first-order valence-corrected chi connectivity index (χ1v) is 6.96. The van der Waals surface area contributed by atoms with E-state index in [1.807, 2.05) is 0 Å². The van der Waals surface area contributed by atoms with Gasteiger partial charge < -0.3 is 4.90 Å². The number of hydrogen-bond acceptors (Lipinski definition) is 4. The number of carbonyl (C=O) groups is 2. The highest BCUT2D eigenvalue weighted by Crippen LogP contribution is 2.30. The Bertz CT molecular complexity index is 444. The number of rotatable bonds is 1. The van der Waals surface area contributed by atoms with E-state index in [1.165, 1.54) is 4.90 Å². The molecule has 0 aromatic heterocycles. The summed E-state index contributed by atoms with van der Waals surface area (Å²) in [5.41, 5.74) is -0.663. The first-order valence-electron chi connectivity index (χ1n) is 5.14. The number of carbonyl (C=O) groups excluding carboxylic acids is 2. The molecule has 1 N–H and O–H groups in total. The topological polar surface area (TPSA) is 83.6 Å². The van der Waals surface area contributed by atoms with Gasteiger partial charge in [0.25, 0.3) is 0 Å². The van der Waals surface area contributed by atoms with Gasteiger partial charge in [-0.15, -0.1) is 0 Å². The van der Waals surface area contributed by atoms with Crippen LogP contribution in [0.2, 0.25) is 0 Å². The Morgan fingerprint density at radius 2 is 2.06 bits per heavy atom. The minimum atomic E-state index is -3.05. The summed E-state index contributed by atoms with van der Waals surface area (Å²) in [5.74, 6) is -0.200. The van der Waals surface area contributed by atoms with E-state index >= 15 is 0 Å². The molecule has 0 bridgehead atoms. The van der Waals surface area contributed by atoms with Gasteiger partial charge in [0.05, 0.1) is 17.0 Å². The summed E-state index contributed by atoms with van der Waals surface area (Å²) in [4.78, 5) is 24.1. The molecule has 2 aliphatic rings. The molecule has 2 aliphatic heterocycles. The minimum Gasteiger partial charge on any atom is -0.317 e. The second kappa shape index (κ2) is 3.44. The summed E-state index contributed by atoms with van der Waals surface area (Å²) in [5, 5.41) is 2.21. The molecule has 16 heavy (non-hydrogen) atoms. The Balaban J connectivity index is 2.19. The maximum atomic E-state index is 11.6. The molecule has 1 unspecified atom stereocenters. The van der Waals surface area contributed by atoms with Crippen molar-refractivity contribution in [3.63, 3.8) is 0 Å². The fourth-order valence-corrected chi connectivity index (χ4v) is 4.43. The molecule has 90 valence electrons. The number of urea groups is 1. The Hall–Kier alpha value is -1.11. The highest BCUT2D eigenvalue weighted by atomic mass is 32.2. The third-order valence-corrected chi connectivity index (χ3v) is 5.08. The van der Waals surface area contributed by atoms with Gasteiger partial charge in [-0.25, -0.2) is 13.2 Å². The highest BCUT2D eigenvalue weighted by molar-refractivity contribution is 7.91. The maximum Gasteiger partial charge on any atom is 0.324 e. The van der Waals surface area contributed by atoms with Crippen LogP contribution in [-0.2, 0) is 14.6 Å². The highest BCUT2D eigenvalue weighted by Gasteiger charge is 2.46. The van der Waals surface area contributed by atoms with Gasteiger partial charge in [-0.1, -0.05) is 0 Å². The first kappa shape index (κ1) is 11.4.